The summed E-state index contributed by atoms with van der Waals surface area (Å²) in [5.41, 5.74) is 2.58. The zero-order valence-electron chi connectivity index (χ0n) is 10.6. The van der Waals surface area contributed by atoms with E-state index < -0.39 is 9.84 Å². The molecular formula is C13H21NO2S. The van der Waals surface area contributed by atoms with Crippen LogP contribution in [0.3, 0.4) is 0 Å². The zero-order chi connectivity index (χ0) is 12.7. The number of aryl methyl sites for hydroxylation is 1. The van der Waals surface area contributed by atoms with Gasteiger partial charge in [0.1, 0.15) is 9.84 Å². The molecule has 0 aliphatic heterocycles. The Morgan fingerprint density at radius 3 is 2.24 bits per heavy atom. The lowest BCUT2D eigenvalue weighted by molar-refractivity contribution is 0.594. The van der Waals surface area contributed by atoms with E-state index in [-0.39, 0.29) is 5.75 Å². The van der Waals surface area contributed by atoms with Crippen molar-refractivity contribution in [3.8, 4) is 0 Å². The van der Waals surface area contributed by atoms with Crippen molar-refractivity contribution in [3.05, 3.63) is 35.4 Å². The van der Waals surface area contributed by atoms with E-state index in [2.05, 4.69) is 36.5 Å². The second-order valence-electron chi connectivity index (χ2n) is 4.33. The highest BCUT2D eigenvalue weighted by atomic mass is 32.2. The van der Waals surface area contributed by atoms with Gasteiger partial charge in [-0.3, -0.25) is 0 Å². The van der Waals surface area contributed by atoms with Gasteiger partial charge in [-0.25, -0.2) is 8.42 Å². The zero-order valence-corrected chi connectivity index (χ0v) is 11.4. The highest BCUT2D eigenvalue weighted by Gasteiger charge is 2.00. The van der Waals surface area contributed by atoms with Gasteiger partial charge in [0.25, 0.3) is 0 Å². The van der Waals surface area contributed by atoms with Gasteiger partial charge in [0, 0.05) is 12.8 Å². The molecule has 0 aliphatic carbocycles. The van der Waals surface area contributed by atoms with Gasteiger partial charge in [-0.05, 0) is 30.5 Å². The summed E-state index contributed by atoms with van der Waals surface area (Å²) in [4.78, 5) is 0. The van der Waals surface area contributed by atoms with E-state index in [0.29, 0.717) is 6.42 Å². The highest BCUT2D eigenvalue weighted by molar-refractivity contribution is 7.90. The maximum Gasteiger partial charge on any atom is 0.147 e. The third kappa shape index (κ3) is 6.44. The van der Waals surface area contributed by atoms with Crippen LogP contribution >= 0.6 is 0 Å². The lowest BCUT2D eigenvalue weighted by atomic mass is 10.1. The van der Waals surface area contributed by atoms with Gasteiger partial charge < -0.3 is 5.32 Å². The van der Waals surface area contributed by atoms with Gasteiger partial charge in [0.05, 0.1) is 5.75 Å². The Bertz CT molecular complexity index is 423. The average Bonchev–Trinajstić information content (AvgIpc) is 2.28. The molecule has 4 heteroatoms. The first-order valence-electron chi connectivity index (χ1n) is 5.97. The van der Waals surface area contributed by atoms with E-state index in [1.165, 1.54) is 17.4 Å². The van der Waals surface area contributed by atoms with Crippen LogP contribution in [0.2, 0.25) is 0 Å². The summed E-state index contributed by atoms with van der Waals surface area (Å²) in [7, 11) is -2.82. The number of nitrogens with one attached hydrogen (secondary N) is 1. The van der Waals surface area contributed by atoms with Crippen molar-refractivity contribution in [3.63, 3.8) is 0 Å². The van der Waals surface area contributed by atoms with Crippen molar-refractivity contribution in [1.82, 2.24) is 5.32 Å². The topological polar surface area (TPSA) is 46.2 Å². The quantitative estimate of drug-likeness (QED) is 0.755. The van der Waals surface area contributed by atoms with Crippen LogP contribution in [0.15, 0.2) is 24.3 Å². The summed E-state index contributed by atoms with van der Waals surface area (Å²) >= 11 is 0. The van der Waals surface area contributed by atoms with Crippen LogP contribution in [0.4, 0.5) is 0 Å². The van der Waals surface area contributed by atoms with Crippen LogP contribution in [0.1, 0.15) is 24.5 Å². The van der Waals surface area contributed by atoms with E-state index in [0.717, 1.165) is 19.5 Å². The minimum Gasteiger partial charge on any atom is -0.313 e. The summed E-state index contributed by atoms with van der Waals surface area (Å²) in [6.07, 6.45) is 3.00. The van der Waals surface area contributed by atoms with Crippen molar-refractivity contribution in [2.75, 3.05) is 18.6 Å². The molecule has 0 heterocycles. The molecule has 0 atom stereocenters. The molecule has 96 valence electrons. The molecule has 1 aromatic carbocycles. The number of rotatable bonds is 7. The number of benzene rings is 1. The normalized spacial score (nSPS) is 11.6. The Kier molecular flexibility index (Phi) is 5.65. The lowest BCUT2D eigenvalue weighted by Crippen LogP contribution is -2.17. The van der Waals surface area contributed by atoms with E-state index in [1.807, 2.05) is 0 Å². The molecule has 1 rings (SSSR count). The van der Waals surface area contributed by atoms with Gasteiger partial charge in [0.15, 0.2) is 0 Å². The van der Waals surface area contributed by atoms with E-state index >= 15 is 0 Å². The van der Waals surface area contributed by atoms with Crippen molar-refractivity contribution >= 4 is 9.84 Å². The summed E-state index contributed by atoms with van der Waals surface area (Å²) < 4.78 is 21.8. The summed E-state index contributed by atoms with van der Waals surface area (Å²) in [5, 5.41) is 3.25. The van der Waals surface area contributed by atoms with Gasteiger partial charge in [-0.1, -0.05) is 31.2 Å². The number of hydrogen-bond donors (Lipinski definition) is 1. The molecule has 1 aromatic rings. The van der Waals surface area contributed by atoms with Crippen LogP contribution in [-0.4, -0.2) is 27.0 Å². The molecule has 3 nitrogen and oxygen atoms in total. The molecule has 0 saturated heterocycles. The van der Waals surface area contributed by atoms with Gasteiger partial charge in [-0.2, -0.15) is 0 Å². The van der Waals surface area contributed by atoms with Crippen molar-refractivity contribution in [2.45, 2.75) is 26.3 Å². The molecule has 17 heavy (non-hydrogen) atoms. The lowest BCUT2D eigenvalue weighted by Gasteiger charge is -2.05. The molecule has 0 fully saturated rings. The van der Waals surface area contributed by atoms with Crippen LogP contribution in [-0.2, 0) is 22.8 Å². The molecule has 1 N–H and O–H groups in total. The third-order valence-corrected chi connectivity index (χ3v) is 3.66. The maximum atomic E-state index is 10.9. The van der Waals surface area contributed by atoms with Crippen molar-refractivity contribution in [2.24, 2.45) is 0 Å². The Balaban J connectivity index is 2.22. The standard InChI is InChI=1S/C13H21NO2S/c1-3-12-5-7-13(8-6-12)11-14-9-4-10-17(2,15)16/h5-8,14H,3-4,9-11H2,1-2H3. The molecule has 0 aromatic heterocycles. The highest BCUT2D eigenvalue weighted by Crippen LogP contribution is 2.04. The van der Waals surface area contributed by atoms with Crippen LogP contribution in [0.25, 0.3) is 0 Å². The predicted molar refractivity (Wildman–Crippen MR) is 71.9 cm³/mol. The monoisotopic (exact) mass is 255 g/mol. The molecule has 0 aliphatic rings. The van der Waals surface area contributed by atoms with Crippen LogP contribution in [0.5, 0.6) is 0 Å². The third-order valence-electron chi connectivity index (χ3n) is 2.63. The summed E-state index contributed by atoms with van der Waals surface area (Å²) in [5.74, 6) is 0.259. The minimum absolute atomic E-state index is 0.259. The Morgan fingerprint density at radius 1 is 1.12 bits per heavy atom. The number of sulfone groups is 1. The molecule has 0 saturated carbocycles. The van der Waals surface area contributed by atoms with Gasteiger partial charge in [-0.15, -0.1) is 0 Å². The molecule has 0 spiro atoms. The molecular weight excluding hydrogens is 234 g/mol. The van der Waals surface area contributed by atoms with Crippen molar-refractivity contribution in [1.29, 1.82) is 0 Å². The predicted octanol–water partition coefficient (Wildman–Crippen LogP) is 1.77. The number of hydrogen-bond acceptors (Lipinski definition) is 3. The first-order valence-corrected chi connectivity index (χ1v) is 8.03. The second-order valence-corrected chi connectivity index (χ2v) is 6.59. The summed E-state index contributed by atoms with van der Waals surface area (Å²) in [6.45, 7) is 3.68. The van der Waals surface area contributed by atoms with Gasteiger partial charge in [0.2, 0.25) is 0 Å². The average molecular weight is 255 g/mol. The van der Waals surface area contributed by atoms with Crippen molar-refractivity contribution < 1.29 is 8.42 Å². The fraction of sp³-hybridized carbons (Fsp3) is 0.538. The fourth-order valence-electron chi connectivity index (χ4n) is 1.58. The largest absolute Gasteiger partial charge is 0.313 e. The van der Waals surface area contributed by atoms with Crippen LogP contribution in [0, 0.1) is 0 Å². The SMILES string of the molecule is CCc1ccc(CNCCCS(C)(=O)=O)cc1. The fourth-order valence-corrected chi connectivity index (χ4v) is 2.25. The van der Waals surface area contributed by atoms with E-state index in [9.17, 15) is 8.42 Å². The van der Waals surface area contributed by atoms with Gasteiger partial charge >= 0.3 is 0 Å². The van der Waals surface area contributed by atoms with Crippen LogP contribution < -0.4 is 5.32 Å². The summed E-state index contributed by atoms with van der Waals surface area (Å²) in [6, 6.07) is 8.49. The second kappa shape index (κ2) is 6.77. The molecule has 0 amide bonds. The molecule has 0 bridgehead atoms. The van der Waals surface area contributed by atoms with E-state index in [1.54, 1.807) is 0 Å². The smallest absolute Gasteiger partial charge is 0.147 e. The Hall–Kier alpha value is -0.870. The molecule has 0 unspecified atom stereocenters. The molecule has 0 radical (unpaired) electrons. The Labute approximate surface area is 104 Å². The Morgan fingerprint density at radius 2 is 1.71 bits per heavy atom. The first kappa shape index (κ1) is 14.2. The van der Waals surface area contributed by atoms with E-state index in [4.69, 9.17) is 0 Å². The minimum atomic E-state index is -2.82. The first-order chi connectivity index (χ1) is 8.01. The maximum absolute atomic E-state index is 10.9.